The second-order valence-corrected chi connectivity index (χ2v) is 7.02. The van der Waals surface area contributed by atoms with Crippen molar-refractivity contribution < 1.29 is 4.79 Å². The zero-order valence-corrected chi connectivity index (χ0v) is 17.0. The maximum atomic E-state index is 13.0. The van der Waals surface area contributed by atoms with E-state index in [4.69, 9.17) is 0 Å². The number of nitrogens with zero attached hydrogens (tertiary/aromatic N) is 4. The van der Waals surface area contributed by atoms with E-state index in [9.17, 15) is 4.79 Å². The second kappa shape index (κ2) is 9.86. The lowest BCUT2D eigenvalue weighted by molar-refractivity contribution is 0.0987. The van der Waals surface area contributed by atoms with E-state index in [0.717, 1.165) is 5.56 Å². The number of carbonyl (C=O) groups excluding carboxylic acids is 1. The summed E-state index contributed by atoms with van der Waals surface area (Å²) >= 11 is 1.30. The largest absolute Gasteiger partial charge is 0.300 e. The van der Waals surface area contributed by atoms with Gasteiger partial charge >= 0.3 is 0 Å². The Bertz CT molecular complexity index is 1060. The molecule has 0 aliphatic heterocycles. The van der Waals surface area contributed by atoms with E-state index >= 15 is 0 Å². The SMILES string of the molecule is Cl.O=C(CCc1ccccc1)c1sc(Nc2ncccn2)nc1-c1ccccn1. The number of benzene rings is 1. The van der Waals surface area contributed by atoms with E-state index < -0.39 is 0 Å². The molecule has 1 aromatic carbocycles. The third-order valence-corrected chi connectivity index (χ3v) is 5.07. The summed E-state index contributed by atoms with van der Waals surface area (Å²) in [6, 6.07) is 17.3. The standard InChI is InChI=1S/C21H17N5OS.ClH/c27-17(11-10-15-7-2-1-3-8-15)19-18(16-9-4-5-12-22-16)25-21(28-19)26-20-23-13-6-14-24-20;/h1-9,12-14H,10-11H2,(H,23,24,25,26);1H. The van der Waals surface area contributed by atoms with E-state index in [1.807, 2.05) is 48.5 Å². The monoisotopic (exact) mass is 423 g/mol. The summed E-state index contributed by atoms with van der Waals surface area (Å²) in [4.78, 5) is 30.8. The first-order valence-electron chi connectivity index (χ1n) is 8.83. The molecular formula is C21H18ClN5OS. The van der Waals surface area contributed by atoms with Crippen LogP contribution in [0.4, 0.5) is 11.1 Å². The predicted octanol–water partition coefficient (Wildman–Crippen LogP) is 4.98. The number of halogens is 1. The molecule has 4 aromatic rings. The summed E-state index contributed by atoms with van der Waals surface area (Å²) in [7, 11) is 0. The summed E-state index contributed by atoms with van der Waals surface area (Å²) in [5, 5.41) is 3.63. The molecule has 4 rings (SSSR count). The van der Waals surface area contributed by atoms with Gasteiger partial charge in [-0.15, -0.1) is 12.4 Å². The van der Waals surface area contributed by atoms with Crippen molar-refractivity contribution in [2.75, 3.05) is 5.32 Å². The average molecular weight is 424 g/mol. The van der Waals surface area contributed by atoms with Crippen LogP contribution in [-0.4, -0.2) is 25.7 Å². The Morgan fingerprint density at radius 1 is 0.897 bits per heavy atom. The molecule has 0 saturated carbocycles. The Kier molecular flexibility index (Phi) is 6.99. The molecule has 6 nitrogen and oxygen atoms in total. The fourth-order valence-corrected chi connectivity index (χ4v) is 3.65. The van der Waals surface area contributed by atoms with Gasteiger partial charge in [-0.1, -0.05) is 47.7 Å². The van der Waals surface area contributed by atoms with Gasteiger partial charge in [-0.25, -0.2) is 15.0 Å². The number of carbonyl (C=O) groups is 1. The number of ketones is 1. The van der Waals surface area contributed by atoms with Crippen molar-refractivity contribution in [1.82, 2.24) is 19.9 Å². The van der Waals surface area contributed by atoms with Gasteiger partial charge in [0.2, 0.25) is 5.95 Å². The number of Topliss-reactive ketones (excluding diaryl/α,β-unsaturated/α-hetero) is 1. The zero-order chi connectivity index (χ0) is 19.2. The summed E-state index contributed by atoms with van der Waals surface area (Å²) in [5.74, 6) is 0.483. The molecule has 29 heavy (non-hydrogen) atoms. The Morgan fingerprint density at radius 2 is 1.62 bits per heavy atom. The van der Waals surface area contributed by atoms with Crippen LogP contribution < -0.4 is 5.32 Å². The fourth-order valence-electron chi connectivity index (χ4n) is 2.71. The van der Waals surface area contributed by atoms with Crippen LogP contribution in [0, 0.1) is 0 Å². The molecule has 0 amide bonds. The lowest BCUT2D eigenvalue weighted by atomic mass is 10.1. The van der Waals surface area contributed by atoms with E-state index in [-0.39, 0.29) is 18.2 Å². The number of pyridine rings is 1. The molecule has 0 atom stereocenters. The molecule has 146 valence electrons. The molecule has 0 bridgehead atoms. The molecule has 8 heteroatoms. The topological polar surface area (TPSA) is 80.7 Å². The fraction of sp³-hybridized carbons (Fsp3) is 0.0952. The lowest BCUT2D eigenvalue weighted by Crippen LogP contribution is -2.01. The highest BCUT2D eigenvalue weighted by Crippen LogP contribution is 2.32. The van der Waals surface area contributed by atoms with Crippen LogP contribution in [0.25, 0.3) is 11.4 Å². The molecule has 3 aromatic heterocycles. The number of nitrogens with one attached hydrogen (secondary N) is 1. The first-order chi connectivity index (χ1) is 13.8. The number of aryl methyl sites for hydroxylation is 1. The smallest absolute Gasteiger partial charge is 0.228 e. The summed E-state index contributed by atoms with van der Waals surface area (Å²) in [6.07, 6.45) is 6.08. The molecule has 1 N–H and O–H groups in total. The van der Waals surface area contributed by atoms with Gasteiger partial charge < -0.3 is 5.32 Å². The highest BCUT2D eigenvalue weighted by molar-refractivity contribution is 7.18. The van der Waals surface area contributed by atoms with Crippen molar-refractivity contribution in [3.8, 4) is 11.4 Å². The molecule has 0 fully saturated rings. The van der Waals surface area contributed by atoms with Crippen LogP contribution in [0.1, 0.15) is 21.7 Å². The van der Waals surface area contributed by atoms with Gasteiger partial charge in [0, 0.05) is 25.0 Å². The lowest BCUT2D eigenvalue weighted by Gasteiger charge is -2.02. The van der Waals surface area contributed by atoms with Crippen LogP contribution in [0.15, 0.2) is 73.2 Å². The summed E-state index contributed by atoms with van der Waals surface area (Å²) < 4.78 is 0. The third kappa shape index (κ3) is 5.22. The Labute approximate surface area is 178 Å². The Morgan fingerprint density at radius 3 is 2.34 bits per heavy atom. The molecule has 0 unspecified atom stereocenters. The summed E-state index contributed by atoms with van der Waals surface area (Å²) in [5.41, 5.74) is 2.39. The highest BCUT2D eigenvalue weighted by atomic mass is 35.5. The van der Waals surface area contributed by atoms with Gasteiger partial charge in [0.15, 0.2) is 10.9 Å². The van der Waals surface area contributed by atoms with Gasteiger partial charge in [-0.05, 0) is 30.2 Å². The molecule has 3 heterocycles. The van der Waals surface area contributed by atoms with Crippen LogP contribution in [0.5, 0.6) is 0 Å². The van der Waals surface area contributed by atoms with Crippen molar-refractivity contribution in [2.45, 2.75) is 12.8 Å². The Hall–Kier alpha value is -3.16. The van der Waals surface area contributed by atoms with Crippen molar-refractivity contribution in [2.24, 2.45) is 0 Å². The molecule has 0 aliphatic carbocycles. The molecule has 0 saturated heterocycles. The number of anilines is 2. The molecule has 0 spiro atoms. The van der Waals surface area contributed by atoms with E-state index in [1.54, 1.807) is 24.7 Å². The number of aromatic nitrogens is 4. The minimum absolute atomic E-state index is 0. The average Bonchev–Trinajstić information content (AvgIpc) is 3.18. The van der Waals surface area contributed by atoms with Gasteiger partial charge in [-0.3, -0.25) is 9.78 Å². The number of hydrogen-bond donors (Lipinski definition) is 1. The zero-order valence-electron chi connectivity index (χ0n) is 15.4. The number of thiazole rings is 1. The Balaban J connectivity index is 0.00000240. The minimum Gasteiger partial charge on any atom is -0.300 e. The van der Waals surface area contributed by atoms with E-state index in [2.05, 4.69) is 25.3 Å². The van der Waals surface area contributed by atoms with E-state index in [0.29, 0.717) is 40.2 Å². The number of rotatable bonds is 7. The quantitative estimate of drug-likeness (QED) is 0.422. The first-order valence-corrected chi connectivity index (χ1v) is 9.64. The van der Waals surface area contributed by atoms with Crippen molar-refractivity contribution in [3.05, 3.63) is 83.6 Å². The minimum atomic E-state index is 0. The maximum Gasteiger partial charge on any atom is 0.228 e. The third-order valence-electron chi connectivity index (χ3n) is 4.06. The summed E-state index contributed by atoms with van der Waals surface area (Å²) in [6.45, 7) is 0. The molecule has 0 aliphatic rings. The van der Waals surface area contributed by atoms with E-state index in [1.165, 1.54) is 11.3 Å². The van der Waals surface area contributed by atoms with Gasteiger partial charge in [-0.2, -0.15) is 0 Å². The molecule has 0 radical (unpaired) electrons. The van der Waals surface area contributed by atoms with Crippen LogP contribution in [0.2, 0.25) is 0 Å². The first kappa shape index (κ1) is 20.6. The van der Waals surface area contributed by atoms with Crippen LogP contribution in [-0.2, 0) is 6.42 Å². The van der Waals surface area contributed by atoms with Crippen LogP contribution in [0.3, 0.4) is 0 Å². The van der Waals surface area contributed by atoms with Gasteiger partial charge in [0.25, 0.3) is 0 Å². The normalized spacial score (nSPS) is 10.2. The predicted molar refractivity (Wildman–Crippen MR) is 117 cm³/mol. The van der Waals surface area contributed by atoms with Crippen molar-refractivity contribution in [1.29, 1.82) is 0 Å². The van der Waals surface area contributed by atoms with Gasteiger partial charge in [0.05, 0.1) is 5.69 Å². The highest BCUT2D eigenvalue weighted by Gasteiger charge is 2.20. The van der Waals surface area contributed by atoms with Crippen molar-refractivity contribution >= 4 is 40.6 Å². The number of hydrogen-bond acceptors (Lipinski definition) is 7. The van der Waals surface area contributed by atoms with Gasteiger partial charge in [0.1, 0.15) is 10.6 Å². The van der Waals surface area contributed by atoms with Crippen molar-refractivity contribution in [3.63, 3.8) is 0 Å². The maximum absolute atomic E-state index is 13.0. The van der Waals surface area contributed by atoms with Crippen LogP contribution >= 0.6 is 23.7 Å². The molecular weight excluding hydrogens is 406 g/mol. The second-order valence-electron chi connectivity index (χ2n) is 6.02.